The summed E-state index contributed by atoms with van der Waals surface area (Å²) in [6.07, 6.45) is -0.111. The molecule has 1 aliphatic carbocycles. The lowest BCUT2D eigenvalue weighted by Crippen LogP contribution is -2.49. The Morgan fingerprint density at radius 2 is 2.05 bits per heavy atom. The number of esters is 2. The molecule has 6 nitrogen and oxygen atoms in total. The minimum absolute atomic E-state index is 0.304. The number of aliphatic hydroxyl groups excluding tert-OH is 2. The average Bonchev–Trinajstić information content (AvgIpc) is 2.65. The van der Waals surface area contributed by atoms with E-state index in [9.17, 15) is 14.7 Å². The van der Waals surface area contributed by atoms with E-state index in [0.29, 0.717) is 12.8 Å². The first-order chi connectivity index (χ1) is 8.71. The molecule has 2 bridgehead atoms. The SMILES string of the molecule is CC12CCC(C(=O)OCC(O)CO)(OC1=O)C2(C)C. The first-order valence-corrected chi connectivity index (χ1v) is 6.41. The quantitative estimate of drug-likeness (QED) is 0.700. The summed E-state index contributed by atoms with van der Waals surface area (Å²) in [6.45, 7) is 4.67. The molecule has 2 aliphatic rings. The van der Waals surface area contributed by atoms with Gasteiger partial charge in [-0.3, -0.25) is 4.79 Å². The van der Waals surface area contributed by atoms with Gasteiger partial charge >= 0.3 is 11.9 Å². The highest BCUT2D eigenvalue weighted by molar-refractivity contribution is 5.93. The van der Waals surface area contributed by atoms with Gasteiger partial charge in [0, 0.05) is 5.41 Å². The van der Waals surface area contributed by atoms with Crippen LogP contribution < -0.4 is 0 Å². The largest absolute Gasteiger partial charge is 0.460 e. The Bertz CT molecular complexity index is 417. The maximum Gasteiger partial charge on any atom is 0.351 e. The molecule has 3 unspecified atom stereocenters. The van der Waals surface area contributed by atoms with Gasteiger partial charge < -0.3 is 19.7 Å². The van der Waals surface area contributed by atoms with E-state index < -0.39 is 35.1 Å². The average molecular weight is 272 g/mol. The van der Waals surface area contributed by atoms with E-state index in [0.717, 1.165) is 0 Å². The zero-order chi connectivity index (χ0) is 14.5. The molecule has 1 heterocycles. The predicted octanol–water partition coefficient (Wildman–Crippen LogP) is 0.00470. The summed E-state index contributed by atoms with van der Waals surface area (Å²) in [5.74, 6) is -1.01. The van der Waals surface area contributed by atoms with Gasteiger partial charge in [0.25, 0.3) is 0 Å². The third-order valence-corrected chi connectivity index (χ3v) is 5.03. The molecule has 19 heavy (non-hydrogen) atoms. The maximum absolute atomic E-state index is 12.3. The van der Waals surface area contributed by atoms with Gasteiger partial charge in [0.05, 0.1) is 12.0 Å². The van der Waals surface area contributed by atoms with Crippen LogP contribution >= 0.6 is 0 Å². The van der Waals surface area contributed by atoms with E-state index in [-0.39, 0.29) is 12.6 Å². The smallest absolute Gasteiger partial charge is 0.351 e. The van der Waals surface area contributed by atoms with Crippen LogP contribution in [0.4, 0.5) is 0 Å². The number of aliphatic hydroxyl groups is 2. The van der Waals surface area contributed by atoms with E-state index in [1.54, 1.807) is 6.92 Å². The van der Waals surface area contributed by atoms with Gasteiger partial charge in [0.2, 0.25) is 5.60 Å². The second-order valence-corrected chi connectivity index (χ2v) is 6.11. The van der Waals surface area contributed by atoms with Crippen LogP contribution in [0.5, 0.6) is 0 Å². The van der Waals surface area contributed by atoms with Crippen molar-refractivity contribution in [3.8, 4) is 0 Å². The van der Waals surface area contributed by atoms with E-state index in [2.05, 4.69) is 0 Å². The van der Waals surface area contributed by atoms with Gasteiger partial charge in [0.1, 0.15) is 12.7 Å². The van der Waals surface area contributed by atoms with E-state index >= 15 is 0 Å². The molecule has 108 valence electrons. The molecule has 0 amide bonds. The van der Waals surface area contributed by atoms with Crippen LogP contribution in [0.2, 0.25) is 0 Å². The van der Waals surface area contributed by atoms with Gasteiger partial charge in [-0.25, -0.2) is 4.79 Å². The Hall–Kier alpha value is -1.14. The van der Waals surface area contributed by atoms with Gasteiger partial charge in [-0.1, -0.05) is 13.8 Å². The molecule has 2 fully saturated rings. The summed E-state index contributed by atoms with van der Waals surface area (Å²) in [7, 11) is 0. The zero-order valence-corrected chi connectivity index (χ0v) is 11.4. The topological polar surface area (TPSA) is 93.1 Å². The molecular weight excluding hydrogens is 252 g/mol. The van der Waals surface area contributed by atoms with Crippen molar-refractivity contribution in [1.82, 2.24) is 0 Å². The molecular formula is C13H20O6. The number of carbonyl (C=O) groups is 2. The Morgan fingerprint density at radius 1 is 1.42 bits per heavy atom. The normalized spacial score (nSPS) is 37.0. The fourth-order valence-corrected chi connectivity index (χ4v) is 3.04. The van der Waals surface area contributed by atoms with Crippen LogP contribution in [0.3, 0.4) is 0 Å². The molecule has 2 N–H and O–H groups in total. The number of carbonyl (C=O) groups excluding carboxylic acids is 2. The molecule has 6 heteroatoms. The minimum Gasteiger partial charge on any atom is -0.460 e. The molecule has 1 saturated heterocycles. The van der Waals surface area contributed by atoms with Crippen molar-refractivity contribution >= 4 is 11.9 Å². The lowest BCUT2D eigenvalue weighted by Gasteiger charge is -2.34. The number of hydrogen-bond donors (Lipinski definition) is 2. The van der Waals surface area contributed by atoms with Gasteiger partial charge in [-0.2, -0.15) is 0 Å². The van der Waals surface area contributed by atoms with Crippen LogP contribution in [0, 0.1) is 10.8 Å². The summed E-state index contributed by atoms with van der Waals surface area (Å²) in [4.78, 5) is 24.2. The lowest BCUT2D eigenvalue weighted by atomic mass is 9.66. The monoisotopic (exact) mass is 272 g/mol. The third kappa shape index (κ3) is 1.63. The Labute approximate surface area is 111 Å². The molecule has 0 aromatic carbocycles. The van der Waals surface area contributed by atoms with Gasteiger partial charge in [0.15, 0.2) is 0 Å². The molecule has 2 rings (SSSR count). The summed E-state index contributed by atoms with van der Waals surface area (Å²) >= 11 is 0. The lowest BCUT2D eigenvalue weighted by molar-refractivity contribution is -0.185. The van der Waals surface area contributed by atoms with Crippen molar-refractivity contribution in [2.75, 3.05) is 13.2 Å². The summed E-state index contributed by atoms with van der Waals surface area (Å²) < 4.78 is 10.3. The molecule has 3 atom stereocenters. The highest BCUT2D eigenvalue weighted by atomic mass is 16.6. The Kier molecular flexibility index (Phi) is 3.14. The molecule has 1 saturated carbocycles. The second-order valence-electron chi connectivity index (χ2n) is 6.11. The molecule has 0 aromatic rings. The van der Waals surface area contributed by atoms with Crippen molar-refractivity contribution in [1.29, 1.82) is 0 Å². The van der Waals surface area contributed by atoms with Crippen LogP contribution in [-0.2, 0) is 19.1 Å². The highest BCUT2D eigenvalue weighted by Gasteiger charge is 2.76. The minimum atomic E-state index is -1.27. The summed E-state index contributed by atoms with van der Waals surface area (Å²) in [6, 6.07) is 0. The standard InChI is InChI=1S/C13H20O6/c1-11(2)12(3)4-5-13(11,19-9(12)16)10(17)18-7-8(15)6-14/h8,14-15H,4-7H2,1-3H3. The fourth-order valence-electron chi connectivity index (χ4n) is 3.04. The Morgan fingerprint density at radius 3 is 2.47 bits per heavy atom. The molecule has 0 spiro atoms. The molecule has 1 aliphatic heterocycles. The van der Waals surface area contributed by atoms with E-state index in [1.165, 1.54) is 0 Å². The fraction of sp³-hybridized carbons (Fsp3) is 0.846. The Balaban J connectivity index is 2.20. The van der Waals surface area contributed by atoms with Crippen LogP contribution in [0.1, 0.15) is 33.6 Å². The highest BCUT2D eigenvalue weighted by Crippen LogP contribution is 2.65. The first-order valence-electron chi connectivity index (χ1n) is 6.41. The van der Waals surface area contributed by atoms with E-state index in [1.807, 2.05) is 13.8 Å². The van der Waals surface area contributed by atoms with Crippen molar-refractivity contribution in [2.24, 2.45) is 10.8 Å². The van der Waals surface area contributed by atoms with Crippen molar-refractivity contribution in [3.63, 3.8) is 0 Å². The van der Waals surface area contributed by atoms with Gasteiger partial charge in [-0.05, 0) is 19.8 Å². The third-order valence-electron chi connectivity index (χ3n) is 5.03. The predicted molar refractivity (Wildman–Crippen MR) is 64.0 cm³/mol. The van der Waals surface area contributed by atoms with Crippen molar-refractivity contribution in [3.05, 3.63) is 0 Å². The number of fused-ring (bicyclic) bond motifs is 2. The second kappa shape index (κ2) is 4.18. The van der Waals surface area contributed by atoms with E-state index in [4.69, 9.17) is 14.6 Å². The van der Waals surface area contributed by atoms with Crippen LogP contribution in [-0.4, -0.2) is 47.1 Å². The first kappa shape index (κ1) is 14.3. The van der Waals surface area contributed by atoms with Gasteiger partial charge in [-0.15, -0.1) is 0 Å². The van der Waals surface area contributed by atoms with Crippen LogP contribution in [0.25, 0.3) is 0 Å². The number of hydrogen-bond acceptors (Lipinski definition) is 6. The number of ether oxygens (including phenoxy) is 2. The van der Waals surface area contributed by atoms with Crippen molar-refractivity contribution in [2.45, 2.75) is 45.3 Å². The summed E-state index contributed by atoms with van der Waals surface area (Å²) in [5, 5.41) is 17.9. The number of rotatable bonds is 4. The van der Waals surface area contributed by atoms with Crippen LogP contribution in [0.15, 0.2) is 0 Å². The molecule has 0 radical (unpaired) electrons. The maximum atomic E-state index is 12.3. The zero-order valence-electron chi connectivity index (χ0n) is 11.4. The summed E-state index contributed by atoms with van der Waals surface area (Å²) in [5.41, 5.74) is -2.60. The van der Waals surface area contributed by atoms with Crippen molar-refractivity contribution < 1.29 is 29.3 Å². The molecule has 0 aromatic heterocycles.